The molecule has 152 valence electrons. The Morgan fingerprint density at radius 1 is 1.10 bits per heavy atom. The molecule has 3 aromatic heterocycles. The molecular formula is C19H15N5O3S3. The summed E-state index contributed by atoms with van der Waals surface area (Å²) in [6, 6.07) is 15.2. The van der Waals surface area contributed by atoms with Gasteiger partial charge in [-0.05, 0) is 53.2 Å². The molecule has 0 unspecified atom stereocenters. The second kappa shape index (κ2) is 8.32. The van der Waals surface area contributed by atoms with E-state index in [4.69, 9.17) is 5.14 Å². The lowest BCUT2D eigenvalue weighted by molar-refractivity contribution is 0.0949. The van der Waals surface area contributed by atoms with Crippen LogP contribution in [-0.4, -0.2) is 30.3 Å². The summed E-state index contributed by atoms with van der Waals surface area (Å²) in [4.78, 5) is 14.3. The third-order valence-corrected chi connectivity index (χ3v) is 6.65. The number of hydrazone groups is 1. The molecule has 1 amide bonds. The molecule has 0 aliphatic rings. The molecular weight excluding hydrogens is 442 g/mol. The number of nitrogens with zero attached hydrogens (tertiary/aromatic N) is 3. The molecule has 0 spiro atoms. The highest BCUT2D eigenvalue weighted by molar-refractivity contribution is 7.89. The van der Waals surface area contributed by atoms with Gasteiger partial charge >= 0.3 is 0 Å². The van der Waals surface area contributed by atoms with Crippen molar-refractivity contribution in [3.05, 3.63) is 75.9 Å². The normalized spacial score (nSPS) is 11.8. The number of carbonyl (C=O) groups is 1. The van der Waals surface area contributed by atoms with E-state index in [1.807, 2.05) is 35.0 Å². The number of thiophene rings is 2. The summed E-state index contributed by atoms with van der Waals surface area (Å²) in [7, 11) is -3.80. The van der Waals surface area contributed by atoms with E-state index >= 15 is 0 Å². The first kappa shape index (κ1) is 20.2. The van der Waals surface area contributed by atoms with E-state index in [1.165, 1.54) is 34.8 Å². The number of sulfonamides is 1. The standard InChI is InChI=1S/C19H15N5O3S3/c20-30(26,27)15-7-5-13(6-8-15)24-17(18-4-2-10-29-18)11-16(23-24)19(25)22-21-12-14-3-1-9-28-14/h1-12H,(H,22,25)(H2,20,26,27)/b21-12-. The van der Waals surface area contributed by atoms with Gasteiger partial charge in [-0.2, -0.15) is 10.2 Å². The predicted molar refractivity (Wildman–Crippen MR) is 118 cm³/mol. The number of aromatic nitrogens is 2. The van der Waals surface area contributed by atoms with Crippen molar-refractivity contribution in [3.63, 3.8) is 0 Å². The maximum Gasteiger partial charge on any atom is 0.291 e. The molecule has 0 atom stereocenters. The maximum absolute atomic E-state index is 12.5. The van der Waals surface area contributed by atoms with E-state index in [1.54, 1.807) is 29.1 Å². The third kappa shape index (κ3) is 4.39. The van der Waals surface area contributed by atoms with Crippen LogP contribution in [0.15, 0.2) is 75.4 Å². The molecule has 30 heavy (non-hydrogen) atoms. The average molecular weight is 458 g/mol. The van der Waals surface area contributed by atoms with Gasteiger partial charge in [0.25, 0.3) is 5.91 Å². The van der Waals surface area contributed by atoms with Gasteiger partial charge < -0.3 is 0 Å². The van der Waals surface area contributed by atoms with Gasteiger partial charge in [-0.15, -0.1) is 22.7 Å². The predicted octanol–water partition coefficient (Wildman–Crippen LogP) is 3.07. The fourth-order valence-electron chi connectivity index (χ4n) is 2.64. The summed E-state index contributed by atoms with van der Waals surface area (Å²) >= 11 is 3.00. The van der Waals surface area contributed by atoms with Crippen LogP contribution in [0, 0.1) is 0 Å². The molecule has 0 aliphatic carbocycles. The Morgan fingerprint density at radius 2 is 1.83 bits per heavy atom. The van der Waals surface area contributed by atoms with Crippen LogP contribution in [0.4, 0.5) is 0 Å². The quantitative estimate of drug-likeness (QED) is 0.341. The Kier molecular flexibility index (Phi) is 5.59. The highest BCUT2D eigenvalue weighted by Crippen LogP contribution is 2.28. The zero-order chi connectivity index (χ0) is 21.1. The molecule has 4 rings (SSSR count). The smallest absolute Gasteiger partial charge is 0.265 e. The Balaban J connectivity index is 1.66. The molecule has 1 aromatic carbocycles. The number of hydrogen-bond acceptors (Lipinski definition) is 7. The van der Waals surface area contributed by atoms with Gasteiger partial charge in [0.05, 0.1) is 27.4 Å². The summed E-state index contributed by atoms with van der Waals surface area (Å²) < 4.78 is 24.6. The van der Waals surface area contributed by atoms with Gasteiger partial charge in [0.2, 0.25) is 10.0 Å². The lowest BCUT2D eigenvalue weighted by atomic mass is 10.2. The van der Waals surface area contributed by atoms with E-state index < -0.39 is 15.9 Å². The van der Waals surface area contributed by atoms with Crippen LogP contribution >= 0.6 is 22.7 Å². The lowest BCUT2D eigenvalue weighted by Crippen LogP contribution is -2.18. The van der Waals surface area contributed by atoms with Crippen molar-refractivity contribution in [2.24, 2.45) is 10.2 Å². The van der Waals surface area contributed by atoms with Crippen LogP contribution in [0.1, 0.15) is 15.4 Å². The Morgan fingerprint density at radius 3 is 2.47 bits per heavy atom. The first-order valence-electron chi connectivity index (χ1n) is 8.56. The number of nitrogens with two attached hydrogens (primary N) is 1. The van der Waals surface area contributed by atoms with E-state index in [0.717, 1.165) is 9.75 Å². The second-order valence-electron chi connectivity index (χ2n) is 6.06. The summed E-state index contributed by atoms with van der Waals surface area (Å²) in [6.07, 6.45) is 1.56. The van der Waals surface area contributed by atoms with Gasteiger partial charge in [0.1, 0.15) is 0 Å². The number of rotatable bonds is 6. The SMILES string of the molecule is NS(=O)(=O)c1ccc(-n2nc(C(=O)N/N=C\c3cccs3)cc2-c2cccs2)cc1. The second-order valence-corrected chi connectivity index (χ2v) is 9.55. The molecule has 3 N–H and O–H groups in total. The Labute approximate surface area is 180 Å². The van der Waals surface area contributed by atoms with Crippen LogP contribution in [-0.2, 0) is 10.0 Å². The van der Waals surface area contributed by atoms with Crippen LogP contribution < -0.4 is 10.6 Å². The van der Waals surface area contributed by atoms with Crippen LogP contribution in [0.5, 0.6) is 0 Å². The highest BCUT2D eigenvalue weighted by Gasteiger charge is 2.18. The topological polar surface area (TPSA) is 119 Å². The monoisotopic (exact) mass is 457 g/mol. The maximum atomic E-state index is 12.5. The highest BCUT2D eigenvalue weighted by atomic mass is 32.2. The van der Waals surface area contributed by atoms with E-state index in [-0.39, 0.29) is 10.6 Å². The summed E-state index contributed by atoms with van der Waals surface area (Å²) in [5.41, 5.74) is 3.94. The van der Waals surface area contributed by atoms with Crippen LogP contribution in [0.3, 0.4) is 0 Å². The van der Waals surface area contributed by atoms with Crippen molar-refractivity contribution in [3.8, 4) is 16.3 Å². The molecule has 11 heteroatoms. The van der Waals surface area contributed by atoms with E-state index in [2.05, 4.69) is 15.6 Å². The third-order valence-electron chi connectivity index (χ3n) is 4.03. The zero-order valence-electron chi connectivity index (χ0n) is 15.3. The number of amides is 1. The number of primary sulfonamides is 1. The minimum Gasteiger partial charge on any atom is -0.265 e. The van der Waals surface area contributed by atoms with Crippen molar-refractivity contribution < 1.29 is 13.2 Å². The first-order chi connectivity index (χ1) is 14.4. The average Bonchev–Trinajstić information content (AvgIpc) is 3.47. The zero-order valence-corrected chi connectivity index (χ0v) is 17.7. The molecule has 4 aromatic rings. The molecule has 0 radical (unpaired) electrons. The summed E-state index contributed by atoms with van der Waals surface area (Å²) in [5, 5.41) is 17.4. The molecule has 0 saturated heterocycles. The van der Waals surface area contributed by atoms with Gasteiger partial charge in [0, 0.05) is 4.88 Å². The number of carbonyl (C=O) groups excluding carboxylic acids is 1. The minimum absolute atomic E-state index is 0.00281. The Hall–Kier alpha value is -3.12. The van der Waals surface area contributed by atoms with Crippen molar-refractivity contribution in [1.29, 1.82) is 0 Å². The van der Waals surface area contributed by atoms with Gasteiger partial charge in [0.15, 0.2) is 5.69 Å². The van der Waals surface area contributed by atoms with Crippen molar-refractivity contribution in [1.82, 2.24) is 15.2 Å². The lowest BCUT2D eigenvalue weighted by Gasteiger charge is -2.07. The van der Waals surface area contributed by atoms with Crippen molar-refractivity contribution >= 4 is 44.8 Å². The molecule has 3 heterocycles. The molecule has 0 fully saturated rings. The van der Waals surface area contributed by atoms with Crippen molar-refractivity contribution in [2.75, 3.05) is 0 Å². The number of hydrogen-bond donors (Lipinski definition) is 2. The minimum atomic E-state index is -3.80. The number of nitrogens with one attached hydrogen (secondary N) is 1. The summed E-state index contributed by atoms with van der Waals surface area (Å²) in [6.45, 7) is 0. The Bertz CT molecular complexity index is 1290. The van der Waals surface area contributed by atoms with Crippen LogP contribution in [0.2, 0.25) is 0 Å². The van der Waals surface area contributed by atoms with E-state index in [0.29, 0.717) is 11.4 Å². The van der Waals surface area contributed by atoms with Crippen LogP contribution in [0.25, 0.3) is 16.3 Å². The molecule has 0 saturated carbocycles. The fraction of sp³-hybridized carbons (Fsp3) is 0. The molecule has 0 aliphatic heterocycles. The fourth-order valence-corrected chi connectivity index (χ4v) is 4.47. The van der Waals surface area contributed by atoms with Crippen molar-refractivity contribution in [2.45, 2.75) is 4.90 Å². The van der Waals surface area contributed by atoms with E-state index in [9.17, 15) is 13.2 Å². The molecule has 8 nitrogen and oxygen atoms in total. The largest absolute Gasteiger partial charge is 0.291 e. The summed E-state index contributed by atoms with van der Waals surface area (Å²) in [5.74, 6) is -0.458. The number of benzene rings is 1. The van der Waals surface area contributed by atoms with Gasteiger partial charge in [-0.25, -0.2) is 23.7 Å². The first-order valence-corrected chi connectivity index (χ1v) is 11.9. The molecule has 0 bridgehead atoms. The van der Waals surface area contributed by atoms with Gasteiger partial charge in [-0.3, -0.25) is 4.79 Å². The van der Waals surface area contributed by atoms with Gasteiger partial charge in [-0.1, -0.05) is 12.1 Å².